The van der Waals surface area contributed by atoms with Crippen molar-refractivity contribution in [2.24, 2.45) is 0 Å². The summed E-state index contributed by atoms with van der Waals surface area (Å²) in [6.45, 7) is 10.9. The molecule has 0 aromatic carbocycles. The number of dihydropyridines is 3. The van der Waals surface area contributed by atoms with E-state index < -0.39 is 34.5 Å². The molecule has 3 aromatic heterocycles. The van der Waals surface area contributed by atoms with Crippen molar-refractivity contribution in [3.63, 3.8) is 0 Å². The standard InChI is InChI=1S/3C11H13N3O2.Ir/c3*1-7-5-8(2)11(10(15)16,12-6-7)9-3-4-13-14-9;/h3*3-6,12H,1-2H3,(H,13,14)(H,15,16);/q;;;+3/p-3. The van der Waals surface area contributed by atoms with E-state index in [2.05, 4.69) is 46.5 Å². The average molecular weight is 847 g/mol. The second kappa shape index (κ2) is 15.2. The van der Waals surface area contributed by atoms with Crippen molar-refractivity contribution < 1.29 is 49.8 Å². The number of nitrogens with zero attached hydrogens (tertiary/aromatic N) is 3. The minimum Gasteiger partial charge on any atom is -0.547 e. The number of carbonyl (C=O) groups excluding carboxylic acids is 3. The number of H-pyrrole nitrogens is 3. The fraction of sp³-hybridized carbons (Fsp3) is 0.273. The zero-order valence-electron chi connectivity index (χ0n) is 27.6. The SMILES string of the molecule is CC1=CNC(C(=O)[O-])(c2ccn[nH]2)C(C)=C1.CC1=CNC(C(=O)[O-])(c2ccn[nH]2)C(C)=C1.CC1=CNC(C(=O)[O-])(c2ccn[nH]2)C(C)=C1.[Ir+3]. The summed E-state index contributed by atoms with van der Waals surface area (Å²) in [5.41, 5.74) is 2.27. The first-order valence-corrected chi connectivity index (χ1v) is 14.8. The molecular formula is C33H36IrN9O6. The minimum atomic E-state index is -1.34. The molecule has 0 saturated carbocycles. The van der Waals surface area contributed by atoms with Gasteiger partial charge in [-0.05, 0) is 93.2 Å². The summed E-state index contributed by atoms with van der Waals surface area (Å²) in [5, 5.41) is 62.1. The third kappa shape index (κ3) is 7.05. The number of carboxylic acids is 3. The second-order valence-corrected chi connectivity index (χ2v) is 11.6. The number of aliphatic carboxylic acids is 3. The van der Waals surface area contributed by atoms with Gasteiger partial charge in [0, 0.05) is 37.2 Å². The van der Waals surface area contributed by atoms with E-state index in [9.17, 15) is 29.7 Å². The van der Waals surface area contributed by atoms with Crippen molar-refractivity contribution in [1.29, 1.82) is 0 Å². The van der Waals surface area contributed by atoms with Crippen LogP contribution in [-0.2, 0) is 51.1 Å². The molecule has 3 aliphatic rings. The third-order valence-electron chi connectivity index (χ3n) is 8.29. The Hall–Kier alpha value is -5.47. The number of carbonyl (C=O) groups is 3. The predicted molar refractivity (Wildman–Crippen MR) is 168 cm³/mol. The van der Waals surface area contributed by atoms with Crippen LogP contribution in [0.1, 0.15) is 58.6 Å². The summed E-state index contributed by atoms with van der Waals surface area (Å²) in [6, 6.07) is 4.86. The first kappa shape index (κ1) is 38.0. The van der Waals surface area contributed by atoms with Crippen LogP contribution in [-0.4, -0.2) is 48.5 Å². The molecular weight excluding hydrogens is 811 g/mol. The molecule has 3 aromatic rings. The third-order valence-corrected chi connectivity index (χ3v) is 8.29. The van der Waals surface area contributed by atoms with Crippen LogP contribution in [0.3, 0.4) is 0 Å². The molecule has 3 atom stereocenters. The predicted octanol–water partition coefficient (Wildman–Crippen LogP) is -0.578. The first-order chi connectivity index (χ1) is 22.7. The number of nitrogens with one attached hydrogen (secondary N) is 6. The topological polar surface area (TPSA) is 243 Å². The minimum absolute atomic E-state index is 0. The number of hydrogen-bond acceptors (Lipinski definition) is 12. The maximum Gasteiger partial charge on any atom is 3.00 e. The Morgan fingerprint density at radius 2 is 0.755 bits per heavy atom. The van der Waals surface area contributed by atoms with Crippen molar-refractivity contribution in [3.05, 3.63) is 124 Å². The number of rotatable bonds is 6. The van der Waals surface area contributed by atoms with Gasteiger partial charge in [0.15, 0.2) is 0 Å². The van der Waals surface area contributed by atoms with Gasteiger partial charge in [0.25, 0.3) is 0 Å². The van der Waals surface area contributed by atoms with Gasteiger partial charge in [0.05, 0.1) is 35.0 Å². The van der Waals surface area contributed by atoms with Crippen LogP contribution in [0.4, 0.5) is 0 Å². The van der Waals surface area contributed by atoms with E-state index in [4.69, 9.17) is 0 Å². The Kier molecular flexibility index (Phi) is 11.8. The Labute approximate surface area is 295 Å². The summed E-state index contributed by atoms with van der Waals surface area (Å²) in [4.78, 5) is 34.2. The molecule has 0 fully saturated rings. The van der Waals surface area contributed by atoms with Crippen LogP contribution in [0.25, 0.3) is 0 Å². The van der Waals surface area contributed by atoms with Crippen LogP contribution in [0.15, 0.2) is 107 Å². The van der Waals surface area contributed by atoms with Gasteiger partial charge in [-0.1, -0.05) is 18.2 Å². The van der Waals surface area contributed by atoms with E-state index in [1.807, 2.05) is 39.0 Å². The first-order valence-electron chi connectivity index (χ1n) is 14.8. The smallest absolute Gasteiger partial charge is 0.547 e. The maximum atomic E-state index is 11.4. The molecule has 16 heteroatoms. The molecule has 0 saturated heterocycles. The van der Waals surface area contributed by atoms with Gasteiger partial charge >= 0.3 is 20.1 Å². The van der Waals surface area contributed by atoms with Crippen molar-refractivity contribution in [2.75, 3.05) is 0 Å². The zero-order chi connectivity index (χ0) is 35.3. The number of allylic oxidation sites excluding steroid dienone is 6. The van der Waals surface area contributed by atoms with Crippen molar-refractivity contribution >= 4 is 17.9 Å². The molecule has 6 N–H and O–H groups in total. The van der Waals surface area contributed by atoms with Crippen LogP contribution >= 0.6 is 0 Å². The van der Waals surface area contributed by atoms with E-state index >= 15 is 0 Å². The molecule has 6 heterocycles. The number of aromatic amines is 3. The van der Waals surface area contributed by atoms with E-state index in [1.165, 1.54) is 18.6 Å². The van der Waals surface area contributed by atoms with Gasteiger partial charge in [-0.15, -0.1) is 0 Å². The van der Waals surface area contributed by atoms with E-state index in [-0.39, 0.29) is 20.1 Å². The molecule has 0 bridgehead atoms. The van der Waals surface area contributed by atoms with Crippen molar-refractivity contribution in [2.45, 2.75) is 58.2 Å². The Morgan fingerprint density at radius 3 is 0.918 bits per heavy atom. The van der Waals surface area contributed by atoms with Crippen molar-refractivity contribution in [3.8, 4) is 0 Å². The molecule has 0 aliphatic carbocycles. The summed E-state index contributed by atoms with van der Waals surface area (Å²) >= 11 is 0. The van der Waals surface area contributed by atoms with Crippen LogP contribution in [0.2, 0.25) is 0 Å². The molecule has 0 amide bonds. The molecule has 0 radical (unpaired) electrons. The summed E-state index contributed by atoms with van der Waals surface area (Å²) in [6.07, 6.45) is 14.9. The Bertz CT molecular complexity index is 1640. The molecule has 3 aliphatic heterocycles. The largest absolute Gasteiger partial charge is 3.00 e. The van der Waals surface area contributed by atoms with E-state index in [0.717, 1.165) is 16.7 Å². The van der Waals surface area contributed by atoms with Gasteiger partial charge < -0.3 is 45.7 Å². The van der Waals surface area contributed by atoms with Gasteiger partial charge in [-0.2, -0.15) is 15.3 Å². The van der Waals surface area contributed by atoms with E-state index in [0.29, 0.717) is 33.8 Å². The number of aromatic nitrogens is 6. The monoisotopic (exact) mass is 847 g/mol. The average Bonchev–Trinajstić information content (AvgIpc) is 3.83. The van der Waals surface area contributed by atoms with Gasteiger partial charge in [-0.3, -0.25) is 15.3 Å². The molecule has 15 nitrogen and oxygen atoms in total. The fourth-order valence-electron chi connectivity index (χ4n) is 5.74. The maximum absolute atomic E-state index is 11.4. The molecule has 6 rings (SSSR count). The van der Waals surface area contributed by atoms with Gasteiger partial charge in [0.2, 0.25) is 0 Å². The number of hydrogen-bond donors (Lipinski definition) is 6. The van der Waals surface area contributed by atoms with Crippen LogP contribution in [0.5, 0.6) is 0 Å². The zero-order valence-corrected chi connectivity index (χ0v) is 29.9. The Morgan fingerprint density at radius 1 is 0.510 bits per heavy atom. The Balaban J connectivity index is 0.000000197. The summed E-state index contributed by atoms with van der Waals surface area (Å²) < 4.78 is 0. The quantitative estimate of drug-likeness (QED) is 0.183. The second-order valence-electron chi connectivity index (χ2n) is 11.6. The van der Waals surface area contributed by atoms with Crippen molar-refractivity contribution in [1.82, 2.24) is 46.5 Å². The van der Waals surface area contributed by atoms with Crippen LogP contribution in [0, 0.1) is 0 Å². The van der Waals surface area contributed by atoms with Gasteiger partial charge in [-0.25, -0.2) is 0 Å². The number of carboxylic acid groups (broad SMARTS) is 3. The van der Waals surface area contributed by atoms with Gasteiger partial charge in [0.1, 0.15) is 16.6 Å². The molecule has 49 heavy (non-hydrogen) atoms. The molecule has 3 unspecified atom stereocenters. The summed E-state index contributed by atoms with van der Waals surface area (Å²) in [7, 11) is 0. The van der Waals surface area contributed by atoms with Crippen LogP contribution < -0.4 is 31.3 Å². The summed E-state index contributed by atoms with van der Waals surface area (Å²) in [5.74, 6) is -3.60. The molecule has 0 spiro atoms. The fourth-order valence-corrected chi connectivity index (χ4v) is 5.74. The normalized spacial score (nSPS) is 23.9. The molecule has 258 valence electrons. The van der Waals surface area contributed by atoms with E-state index in [1.54, 1.807) is 57.6 Å².